The molecule has 2 saturated carbocycles. The standard InChI is InChI=1S/C16H29F3N2/c1-4-20-14-12(6-5-9-15(14,2)3)10-21(13-7-8-13)11-16(17,18)19/h12-14,20H,4-11H2,1-3H3. The van der Waals surface area contributed by atoms with Crippen LogP contribution in [0, 0.1) is 11.3 Å². The Morgan fingerprint density at radius 2 is 1.86 bits per heavy atom. The zero-order valence-corrected chi connectivity index (χ0v) is 13.5. The van der Waals surface area contributed by atoms with Gasteiger partial charge in [-0.1, -0.05) is 27.2 Å². The minimum atomic E-state index is -4.08. The molecule has 0 radical (unpaired) electrons. The third-order valence-electron chi connectivity index (χ3n) is 5.05. The highest BCUT2D eigenvalue weighted by Crippen LogP contribution is 2.41. The Labute approximate surface area is 126 Å². The molecule has 2 aliphatic carbocycles. The molecule has 0 aliphatic heterocycles. The van der Waals surface area contributed by atoms with Crippen LogP contribution in [0.3, 0.4) is 0 Å². The molecule has 2 fully saturated rings. The van der Waals surface area contributed by atoms with Crippen LogP contribution in [-0.2, 0) is 0 Å². The van der Waals surface area contributed by atoms with Crippen molar-refractivity contribution in [2.24, 2.45) is 11.3 Å². The van der Waals surface area contributed by atoms with Crippen molar-refractivity contribution in [3.05, 3.63) is 0 Å². The largest absolute Gasteiger partial charge is 0.401 e. The first-order valence-corrected chi connectivity index (χ1v) is 8.27. The molecule has 2 nitrogen and oxygen atoms in total. The number of nitrogens with one attached hydrogen (secondary N) is 1. The van der Waals surface area contributed by atoms with Crippen molar-refractivity contribution in [3.8, 4) is 0 Å². The minimum absolute atomic E-state index is 0.166. The Hall–Kier alpha value is -0.290. The lowest BCUT2D eigenvalue weighted by molar-refractivity contribution is -0.149. The summed E-state index contributed by atoms with van der Waals surface area (Å²) in [5, 5.41) is 3.54. The molecule has 0 heterocycles. The van der Waals surface area contributed by atoms with Gasteiger partial charge in [-0.3, -0.25) is 4.90 Å². The number of rotatable bonds is 6. The van der Waals surface area contributed by atoms with Gasteiger partial charge in [-0.25, -0.2) is 0 Å². The number of halogens is 3. The highest BCUT2D eigenvalue weighted by molar-refractivity contribution is 4.96. The fraction of sp³-hybridized carbons (Fsp3) is 1.00. The van der Waals surface area contributed by atoms with Gasteiger partial charge in [-0.05, 0) is 43.6 Å². The van der Waals surface area contributed by atoms with Gasteiger partial charge in [0.15, 0.2) is 0 Å². The lowest BCUT2D eigenvalue weighted by atomic mass is 9.67. The second kappa shape index (κ2) is 6.45. The van der Waals surface area contributed by atoms with E-state index in [4.69, 9.17) is 0 Å². The molecule has 0 saturated heterocycles. The van der Waals surface area contributed by atoms with Gasteiger partial charge in [0.25, 0.3) is 0 Å². The molecule has 1 N–H and O–H groups in total. The Balaban J connectivity index is 2.03. The van der Waals surface area contributed by atoms with Crippen LogP contribution in [-0.4, -0.2) is 42.8 Å². The second-order valence-corrected chi connectivity index (χ2v) is 7.45. The average Bonchev–Trinajstić information content (AvgIpc) is 3.14. The Bertz CT molecular complexity index is 337. The van der Waals surface area contributed by atoms with Crippen LogP contribution in [0.4, 0.5) is 13.2 Å². The molecule has 0 aromatic carbocycles. The van der Waals surface area contributed by atoms with Gasteiger partial charge < -0.3 is 5.32 Å². The summed E-state index contributed by atoms with van der Waals surface area (Å²) in [5.74, 6) is 0.330. The molecule has 0 amide bonds. The first-order chi connectivity index (χ1) is 9.73. The highest BCUT2D eigenvalue weighted by atomic mass is 19.4. The van der Waals surface area contributed by atoms with E-state index in [9.17, 15) is 13.2 Å². The minimum Gasteiger partial charge on any atom is -0.313 e. The van der Waals surface area contributed by atoms with E-state index in [2.05, 4.69) is 26.1 Å². The number of hydrogen-bond acceptors (Lipinski definition) is 2. The summed E-state index contributed by atoms with van der Waals surface area (Å²) in [7, 11) is 0. The average molecular weight is 306 g/mol. The van der Waals surface area contributed by atoms with E-state index in [1.54, 1.807) is 4.90 Å². The van der Waals surface area contributed by atoms with Crippen LogP contribution in [0.25, 0.3) is 0 Å². The third-order valence-corrected chi connectivity index (χ3v) is 5.05. The van der Waals surface area contributed by atoms with Crippen molar-refractivity contribution in [3.63, 3.8) is 0 Å². The van der Waals surface area contributed by atoms with Gasteiger partial charge in [0.2, 0.25) is 0 Å². The number of hydrogen-bond donors (Lipinski definition) is 1. The molecule has 124 valence electrons. The van der Waals surface area contributed by atoms with Crippen molar-refractivity contribution in [2.45, 2.75) is 71.1 Å². The van der Waals surface area contributed by atoms with E-state index in [0.29, 0.717) is 18.5 Å². The maximum atomic E-state index is 12.8. The summed E-state index contributed by atoms with van der Waals surface area (Å²) in [5.41, 5.74) is 0.173. The normalized spacial score (nSPS) is 29.9. The van der Waals surface area contributed by atoms with Crippen molar-refractivity contribution in [2.75, 3.05) is 19.6 Å². The van der Waals surface area contributed by atoms with Crippen molar-refractivity contribution >= 4 is 0 Å². The van der Waals surface area contributed by atoms with E-state index in [-0.39, 0.29) is 11.5 Å². The zero-order valence-electron chi connectivity index (χ0n) is 13.5. The molecule has 2 rings (SSSR count). The van der Waals surface area contributed by atoms with Crippen LogP contribution < -0.4 is 5.32 Å². The van der Waals surface area contributed by atoms with E-state index in [1.807, 2.05) is 0 Å². The SMILES string of the molecule is CCNC1C(CN(CC(F)(F)F)C2CC2)CCCC1(C)C. The van der Waals surface area contributed by atoms with Gasteiger partial charge in [0, 0.05) is 18.6 Å². The molecule has 2 aliphatic rings. The predicted molar refractivity (Wildman–Crippen MR) is 79.2 cm³/mol. The van der Waals surface area contributed by atoms with Gasteiger partial charge in [-0.15, -0.1) is 0 Å². The Kier molecular flexibility index (Phi) is 5.24. The molecule has 5 heteroatoms. The fourth-order valence-electron chi connectivity index (χ4n) is 3.95. The first-order valence-electron chi connectivity index (χ1n) is 8.27. The van der Waals surface area contributed by atoms with Gasteiger partial charge >= 0.3 is 6.18 Å². The maximum Gasteiger partial charge on any atom is 0.401 e. The van der Waals surface area contributed by atoms with E-state index in [0.717, 1.165) is 38.6 Å². The van der Waals surface area contributed by atoms with E-state index >= 15 is 0 Å². The predicted octanol–water partition coefficient (Wildman–Crippen LogP) is 3.82. The van der Waals surface area contributed by atoms with Crippen molar-refractivity contribution in [1.82, 2.24) is 10.2 Å². The van der Waals surface area contributed by atoms with Crippen LogP contribution >= 0.6 is 0 Å². The molecule has 0 spiro atoms. The quantitative estimate of drug-likeness (QED) is 0.802. The molecule has 2 atom stereocenters. The monoisotopic (exact) mass is 306 g/mol. The summed E-state index contributed by atoms with van der Waals surface area (Å²) in [6.07, 6.45) is 1.10. The third kappa shape index (κ3) is 4.85. The van der Waals surface area contributed by atoms with Crippen LogP contribution in [0.5, 0.6) is 0 Å². The maximum absolute atomic E-state index is 12.8. The van der Waals surface area contributed by atoms with E-state index < -0.39 is 12.7 Å². The Morgan fingerprint density at radius 1 is 1.19 bits per heavy atom. The lowest BCUT2D eigenvalue weighted by Gasteiger charge is -2.46. The zero-order chi connectivity index (χ0) is 15.7. The summed E-state index contributed by atoms with van der Waals surface area (Å²) in [6.45, 7) is 7.30. The Morgan fingerprint density at radius 3 is 2.38 bits per heavy atom. The molecule has 21 heavy (non-hydrogen) atoms. The second-order valence-electron chi connectivity index (χ2n) is 7.45. The van der Waals surface area contributed by atoms with Crippen molar-refractivity contribution < 1.29 is 13.2 Å². The first kappa shape index (κ1) is 17.1. The molecule has 2 unspecified atom stereocenters. The van der Waals surface area contributed by atoms with Crippen LogP contribution in [0.2, 0.25) is 0 Å². The van der Waals surface area contributed by atoms with Crippen molar-refractivity contribution in [1.29, 1.82) is 0 Å². The number of nitrogens with zero attached hydrogens (tertiary/aromatic N) is 1. The van der Waals surface area contributed by atoms with E-state index in [1.165, 1.54) is 0 Å². The van der Waals surface area contributed by atoms with Gasteiger partial charge in [-0.2, -0.15) is 13.2 Å². The molecular weight excluding hydrogens is 277 g/mol. The van der Waals surface area contributed by atoms with Crippen LogP contribution in [0.15, 0.2) is 0 Å². The number of alkyl halides is 3. The molecule has 0 aromatic rings. The molecule has 0 bridgehead atoms. The topological polar surface area (TPSA) is 15.3 Å². The summed E-state index contributed by atoms with van der Waals surface area (Å²) < 4.78 is 38.4. The van der Waals surface area contributed by atoms with Gasteiger partial charge in [0.05, 0.1) is 6.54 Å². The smallest absolute Gasteiger partial charge is 0.313 e. The molecular formula is C16H29F3N2. The summed E-state index contributed by atoms with van der Waals surface area (Å²) in [6, 6.07) is 0.490. The lowest BCUT2D eigenvalue weighted by Crippen LogP contribution is -2.53. The highest BCUT2D eigenvalue weighted by Gasteiger charge is 2.43. The summed E-state index contributed by atoms with van der Waals surface area (Å²) >= 11 is 0. The fourth-order valence-corrected chi connectivity index (χ4v) is 3.95. The summed E-state index contributed by atoms with van der Waals surface area (Å²) in [4.78, 5) is 1.69. The van der Waals surface area contributed by atoms with Gasteiger partial charge in [0.1, 0.15) is 0 Å². The van der Waals surface area contributed by atoms with Crippen LogP contribution in [0.1, 0.15) is 52.9 Å². The molecule has 0 aromatic heterocycles.